The zero-order valence-electron chi connectivity index (χ0n) is 26.3. The average molecular weight is 614 g/mol. The summed E-state index contributed by atoms with van der Waals surface area (Å²) in [6.45, 7) is 0. The van der Waals surface area contributed by atoms with Crippen LogP contribution in [0.3, 0.4) is 0 Å². The van der Waals surface area contributed by atoms with Crippen molar-refractivity contribution in [1.82, 2.24) is 0 Å². The number of para-hydroxylation sites is 1. The lowest BCUT2D eigenvalue weighted by Gasteiger charge is -2.26. The topological polar surface area (TPSA) is 16.4 Å². The van der Waals surface area contributed by atoms with Gasteiger partial charge >= 0.3 is 0 Å². The maximum absolute atomic E-state index is 6.53. The molecule has 0 aliphatic rings. The predicted molar refractivity (Wildman–Crippen MR) is 202 cm³/mol. The SMILES string of the molecule is c1ccc(-c2ccc(N(c3ccccc3)c3ccc(-c4cc5c6cc(-c7ccccc7)ccc6oc5c5ccccc45)cc3)cc2)cc1. The Morgan fingerprint density at radius 2 is 0.792 bits per heavy atom. The molecule has 1 aromatic heterocycles. The van der Waals surface area contributed by atoms with E-state index in [0.29, 0.717) is 0 Å². The van der Waals surface area contributed by atoms with Crippen molar-refractivity contribution in [2.24, 2.45) is 0 Å². The Hall–Kier alpha value is -6.38. The van der Waals surface area contributed by atoms with Gasteiger partial charge in [0.1, 0.15) is 11.2 Å². The molecule has 0 fully saturated rings. The molecule has 0 amide bonds. The Morgan fingerprint density at radius 1 is 0.312 bits per heavy atom. The fourth-order valence-electron chi connectivity index (χ4n) is 6.90. The van der Waals surface area contributed by atoms with E-state index in [1.807, 2.05) is 0 Å². The fraction of sp³-hybridized carbons (Fsp3) is 0. The van der Waals surface area contributed by atoms with Gasteiger partial charge in [-0.25, -0.2) is 0 Å². The second-order valence-corrected chi connectivity index (χ2v) is 12.2. The third kappa shape index (κ3) is 4.92. The third-order valence-corrected chi connectivity index (χ3v) is 9.27. The van der Waals surface area contributed by atoms with Crippen LogP contribution in [0.5, 0.6) is 0 Å². The minimum absolute atomic E-state index is 0.902. The van der Waals surface area contributed by atoms with Crippen LogP contribution in [0.15, 0.2) is 192 Å². The molecule has 0 saturated carbocycles. The van der Waals surface area contributed by atoms with E-state index in [9.17, 15) is 0 Å². The van der Waals surface area contributed by atoms with Gasteiger partial charge < -0.3 is 9.32 Å². The van der Waals surface area contributed by atoms with Crippen molar-refractivity contribution in [2.75, 3.05) is 4.90 Å². The van der Waals surface area contributed by atoms with Crippen molar-refractivity contribution >= 4 is 49.8 Å². The van der Waals surface area contributed by atoms with Crippen LogP contribution in [0.1, 0.15) is 0 Å². The lowest BCUT2D eigenvalue weighted by atomic mass is 9.94. The Bertz CT molecular complexity index is 2520. The molecule has 2 nitrogen and oxygen atoms in total. The normalized spacial score (nSPS) is 11.3. The van der Waals surface area contributed by atoms with Crippen LogP contribution >= 0.6 is 0 Å². The molecular weight excluding hydrogens is 583 g/mol. The van der Waals surface area contributed by atoms with E-state index in [1.54, 1.807) is 0 Å². The highest BCUT2D eigenvalue weighted by Gasteiger charge is 2.17. The number of anilines is 3. The number of hydrogen-bond acceptors (Lipinski definition) is 2. The van der Waals surface area contributed by atoms with Gasteiger partial charge in [0.2, 0.25) is 0 Å². The van der Waals surface area contributed by atoms with E-state index in [-0.39, 0.29) is 0 Å². The second kappa shape index (κ2) is 11.8. The molecule has 0 N–H and O–H groups in total. The number of fused-ring (bicyclic) bond motifs is 5. The molecule has 0 atom stereocenters. The highest BCUT2D eigenvalue weighted by molar-refractivity contribution is 6.19. The Morgan fingerprint density at radius 3 is 1.44 bits per heavy atom. The lowest BCUT2D eigenvalue weighted by Crippen LogP contribution is -2.09. The number of hydrogen-bond donors (Lipinski definition) is 0. The van der Waals surface area contributed by atoms with E-state index in [4.69, 9.17) is 4.42 Å². The van der Waals surface area contributed by atoms with Gasteiger partial charge in [-0.15, -0.1) is 0 Å². The van der Waals surface area contributed by atoms with Crippen molar-refractivity contribution in [2.45, 2.75) is 0 Å². The smallest absolute Gasteiger partial charge is 0.143 e. The van der Waals surface area contributed by atoms with E-state index in [0.717, 1.165) is 50.0 Å². The minimum Gasteiger partial charge on any atom is -0.455 e. The van der Waals surface area contributed by atoms with Gasteiger partial charge in [0.15, 0.2) is 0 Å². The number of benzene rings is 8. The summed E-state index contributed by atoms with van der Waals surface area (Å²) in [4.78, 5) is 2.31. The molecule has 1 heterocycles. The molecule has 0 bridgehead atoms. The first-order valence-corrected chi connectivity index (χ1v) is 16.3. The quantitative estimate of drug-likeness (QED) is 0.185. The Balaban J connectivity index is 1.15. The van der Waals surface area contributed by atoms with Gasteiger partial charge in [-0.2, -0.15) is 0 Å². The number of rotatable bonds is 6. The molecule has 226 valence electrons. The predicted octanol–water partition coefficient (Wildman–Crippen LogP) is 13.2. The summed E-state index contributed by atoms with van der Waals surface area (Å²) in [5.41, 5.74) is 12.3. The standard InChI is InChI=1S/C46H31NO/c1-4-12-32(13-5-1)34-20-25-38(26-21-34)47(37-16-8-3-9-17-37)39-27-22-35(23-28-39)42-31-44-43-30-36(33-14-6-2-7-15-33)24-29-45(43)48-46(44)41-19-11-10-18-40(41)42/h1-31H. The van der Waals surface area contributed by atoms with Gasteiger partial charge in [-0.1, -0.05) is 133 Å². The molecule has 0 aliphatic carbocycles. The molecule has 0 saturated heterocycles. The van der Waals surface area contributed by atoms with Gasteiger partial charge in [0, 0.05) is 33.2 Å². The largest absolute Gasteiger partial charge is 0.455 e. The Labute approximate surface area is 279 Å². The summed E-state index contributed by atoms with van der Waals surface area (Å²) < 4.78 is 6.53. The van der Waals surface area contributed by atoms with Gasteiger partial charge in [0.25, 0.3) is 0 Å². The van der Waals surface area contributed by atoms with Crippen LogP contribution in [0.2, 0.25) is 0 Å². The van der Waals surface area contributed by atoms with E-state index < -0.39 is 0 Å². The number of nitrogens with zero attached hydrogens (tertiary/aromatic N) is 1. The molecule has 0 spiro atoms. The van der Waals surface area contributed by atoms with Crippen LogP contribution < -0.4 is 4.90 Å². The molecule has 9 aromatic rings. The van der Waals surface area contributed by atoms with Crippen LogP contribution in [0.25, 0.3) is 66.1 Å². The highest BCUT2D eigenvalue weighted by Crippen LogP contribution is 2.42. The summed E-state index contributed by atoms with van der Waals surface area (Å²) in [7, 11) is 0. The molecule has 0 aliphatic heterocycles. The minimum atomic E-state index is 0.902. The molecule has 2 heteroatoms. The fourth-order valence-corrected chi connectivity index (χ4v) is 6.90. The summed E-state index contributed by atoms with van der Waals surface area (Å²) in [6.07, 6.45) is 0. The summed E-state index contributed by atoms with van der Waals surface area (Å²) in [5, 5.41) is 4.56. The summed E-state index contributed by atoms with van der Waals surface area (Å²) in [5.74, 6) is 0. The third-order valence-electron chi connectivity index (χ3n) is 9.27. The van der Waals surface area contributed by atoms with Gasteiger partial charge in [0.05, 0.1) is 0 Å². The molecule has 0 radical (unpaired) electrons. The van der Waals surface area contributed by atoms with Crippen LogP contribution in [0.4, 0.5) is 17.1 Å². The molecule has 8 aromatic carbocycles. The van der Waals surface area contributed by atoms with Gasteiger partial charge in [-0.05, 0) is 93.4 Å². The number of furan rings is 1. The maximum atomic E-state index is 6.53. The summed E-state index contributed by atoms with van der Waals surface area (Å²) in [6, 6.07) is 66.8. The first-order chi connectivity index (χ1) is 23.8. The van der Waals surface area contributed by atoms with E-state index in [1.165, 1.54) is 33.2 Å². The average Bonchev–Trinajstić information content (AvgIpc) is 3.54. The first-order valence-electron chi connectivity index (χ1n) is 16.3. The van der Waals surface area contributed by atoms with Crippen LogP contribution in [-0.4, -0.2) is 0 Å². The zero-order chi connectivity index (χ0) is 31.9. The van der Waals surface area contributed by atoms with Crippen LogP contribution in [0, 0.1) is 0 Å². The molecule has 0 unspecified atom stereocenters. The van der Waals surface area contributed by atoms with Crippen molar-refractivity contribution in [3.63, 3.8) is 0 Å². The molecular formula is C46H31NO. The maximum Gasteiger partial charge on any atom is 0.143 e. The molecule has 48 heavy (non-hydrogen) atoms. The highest BCUT2D eigenvalue weighted by atomic mass is 16.3. The lowest BCUT2D eigenvalue weighted by molar-refractivity contribution is 0.673. The Kier molecular flexibility index (Phi) is 6.84. The van der Waals surface area contributed by atoms with Crippen molar-refractivity contribution in [3.05, 3.63) is 188 Å². The van der Waals surface area contributed by atoms with Crippen molar-refractivity contribution < 1.29 is 4.42 Å². The van der Waals surface area contributed by atoms with Crippen LogP contribution in [-0.2, 0) is 0 Å². The zero-order valence-corrected chi connectivity index (χ0v) is 26.3. The first kappa shape index (κ1) is 27.9. The monoisotopic (exact) mass is 613 g/mol. The molecule has 9 rings (SSSR count). The van der Waals surface area contributed by atoms with E-state index >= 15 is 0 Å². The summed E-state index contributed by atoms with van der Waals surface area (Å²) >= 11 is 0. The van der Waals surface area contributed by atoms with E-state index in [2.05, 4.69) is 193 Å². The van der Waals surface area contributed by atoms with Crippen molar-refractivity contribution in [3.8, 4) is 33.4 Å². The second-order valence-electron chi connectivity index (χ2n) is 12.2. The van der Waals surface area contributed by atoms with Crippen molar-refractivity contribution in [1.29, 1.82) is 0 Å². The van der Waals surface area contributed by atoms with Gasteiger partial charge in [-0.3, -0.25) is 0 Å².